The molecule has 2 aliphatic rings. The Labute approximate surface area is 105 Å². The van der Waals surface area contributed by atoms with E-state index >= 15 is 0 Å². The van der Waals surface area contributed by atoms with E-state index in [9.17, 15) is 10.2 Å². The molecule has 1 heterocycles. The molecule has 0 radical (unpaired) electrons. The van der Waals surface area contributed by atoms with Crippen LogP contribution in [-0.2, 0) is 10.9 Å². The van der Waals surface area contributed by atoms with Crippen molar-refractivity contribution in [2.45, 2.75) is 30.6 Å². The summed E-state index contributed by atoms with van der Waals surface area (Å²) in [6.45, 7) is 0. The molecular formula is C14H19O2S+. The van der Waals surface area contributed by atoms with Crippen LogP contribution in [0.5, 0.6) is 11.5 Å². The van der Waals surface area contributed by atoms with Gasteiger partial charge in [-0.2, -0.15) is 0 Å². The second kappa shape index (κ2) is 4.45. The first-order chi connectivity index (χ1) is 8.24. The molecule has 2 nitrogen and oxygen atoms in total. The molecule has 3 heteroatoms. The number of phenolic OH excluding ortho intramolecular Hbond substituents is 2. The van der Waals surface area contributed by atoms with Crippen LogP contribution in [0.15, 0.2) is 23.1 Å². The molecule has 1 unspecified atom stereocenters. The van der Waals surface area contributed by atoms with E-state index in [-0.39, 0.29) is 16.6 Å². The van der Waals surface area contributed by atoms with Gasteiger partial charge in [0, 0.05) is 28.8 Å². The highest BCUT2D eigenvalue weighted by molar-refractivity contribution is 7.97. The van der Waals surface area contributed by atoms with Gasteiger partial charge >= 0.3 is 0 Å². The van der Waals surface area contributed by atoms with Crippen LogP contribution in [-0.4, -0.2) is 21.7 Å². The molecule has 3 rings (SSSR count). The Bertz CT molecular complexity index is 405. The zero-order valence-corrected chi connectivity index (χ0v) is 10.7. The highest BCUT2D eigenvalue weighted by Gasteiger charge is 2.44. The van der Waals surface area contributed by atoms with Crippen LogP contribution in [0.4, 0.5) is 0 Å². The number of benzene rings is 1. The Morgan fingerprint density at radius 2 is 1.65 bits per heavy atom. The summed E-state index contributed by atoms with van der Waals surface area (Å²) < 4.78 is 0. The maximum absolute atomic E-state index is 9.92. The summed E-state index contributed by atoms with van der Waals surface area (Å²) in [6.07, 6.45) is 5.50. The van der Waals surface area contributed by atoms with Crippen molar-refractivity contribution in [3.63, 3.8) is 0 Å². The summed E-state index contributed by atoms with van der Waals surface area (Å²) in [5.74, 6) is 4.83. The standard InChI is InChI=1S/C14H18O2S/c15-12-5-6-13(16)14(7-12)17-8-10-3-1-2-4-11(10)9-17/h5-7,10-11H,1-4,8-9H2,(H-,15,16)/p+1/t10-,11+,17?. The maximum atomic E-state index is 9.92. The van der Waals surface area contributed by atoms with E-state index in [1.54, 1.807) is 18.2 Å². The van der Waals surface area contributed by atoms with E-state index in [1.807, 2.05) is 0 Å². The molecule has 2 fully saturated rings. The van der Waals surface area contributed by atoms with Crippen molar-refractivity contribution in [3.05, 3.63) is 18.2 Å². The summed E-state index contributed by atoms with van der Waals surface area (Å²) in [7, 11) is 0.158. The third-order valence-electron chi connectivity index (χ3n) is 4.15. The molecule has 1 saturated carbocycles. The highest BCUT2D eigenvalue weighted by Crippen LogP contribution is 2.43. The van der Waals surface area contributed by atoms with Crippen LogP contribution in [0.2, 0.25) is 0 Å². The van der Waals surface area contributed by atoms with E-state index < -0.39 is 0 Å². The third kappa shape index (κ3) is 2.13. The Morgan fingerprint density at radius 3 is 2.29 bits per heavy atom. The largest absolute Gasteiger partial charge is 0.508 e. The van der Waals surface area contributed by atoms with Gasteiger partial charge in [0.05, 0.1) is 0 Å². The van der Waals surface area contributed by atoms with Gasteiger partial charge in [0.15, 0.2) is 10.6 Å². The van der Waals surface area contributed by atoms with Gasteiger partial charge in [0.1, 0.15) is 17.3 Å². The zero-order chi connectivity index (χ0) is 11.8. The minimum absolute atomic E-state index is 0.158. The van der Waals surface area contributed by atoms with Gasteiger partial charge in [-0.3, -0.25) is 0 Å². The van der Waals surface area contributed by atoms with Crippen molar-refractivity contribution in [2.24, 2.45) is 11.8 Å². The quantitative estimate of drug-likeness (QED) is 0.595. The average Bonchev–Trinajstić information content (AvgIpc) is 2.75. The van der Waals surface area contributed by atoms with E-state index in [0.29, 0.717) is 5.75 Å². The van der Waals surface area contributed by atoms with Gasteiger partial charge in [-0.25, -0.2) is 0 Å². The number of hydrogen-bond acceptors (Lipinski definition) is 2. The van der Waals surface area contributed by atoms with E-state index in [4.69, 9.17) is 0 Å². The molecule has 0 bridgehead atoms. The molecule has 0 spiro atoms. The van der Waals surface area contributed by atoms with Gasteiger partial charge in [0.2, 0.25) is 0 Å². The van der Waals surface area contributed by atoms with Crippen LogP contribution >= 0.6 is 0 Å². The smallest absolute Gasteiger partial charge is 0.200 e. The molecule has 1 saturated heterocycles. The maximum Gasteiger partial charge on any atom is 0.200 e. The van der Waals surface area contributed by atoms with Crippen LogP contribution < -0.4 is 0 Å². The average molecular weight is 251 g/mol. The summed E-state index contributed by atoms with van der Waals surface area (Å²) in [5, 5.41) is 19.5. The SMILES string of the molecule is Oc1ccc(O)c([S+]2C[C@H]3CCCC[C@H]3C2)c1. The number of hydrogen-bond donors (Lipinski definition) is 2. The molecule has 17 heavy (non-hydrogen) atoms. The Hall–Kier alpha value is -0.830. The first kappa shape index (κ1) is 11.3. The van der Waals surface area contributed by atoms with Crippen LogP contribution in [0.1, 0.15) is 25.7 Å². The number of aromatic hydroxyl groups is 2. The minimum atomic E-state index is 0.158. The molecule has 92 valence electrons. The normalized spacial score (nSPS) is 32.4. The van der Waals surface area contributed by atoms with Crippen molar-refractivity contribution in [1.82, 2.24) is 0 Å². The molecule has 1 aliphatic heterocycles. The summed E-state index contributed by atoms with van der Waals surface area (Å²) in [5.41, 5.74) is 0. The first-order valence-electron chi connectivity index (χ1n) is 6.43. The molecule has 1 aliphatic carbocycles. The molecule has 2 N–H and O–H groups in total. The lowest BCUT2D eigenvalue weighted by molar-refractivity contribution is 0.299. The highest BCUT2D eigenvalue weighted by atomic mass is 32.2. The van der Waals surface area contributed by atoms with Crippen molar-refractivity contribution >= 4 is 10.9 Å². The minimum Gasteiger partial charge on any atom is -0.508 e. The fourth-order valence-electron chi connectivity index (χ4n) is 3.22. The lowest BCUT2D eigenvalue weighted by atomic mass is 9.82. The van der Waals surface area contributed by atoms with Gasteiger partial charge in [-0.05, 0) is 25.0 Å². The van der Waals surface area contributed by atoms with E-state index in [2.05, 4.69) is 0 Å². The summed E-state index contributed by atoms with van der Waals surface area (Å²) in [4.78, 5) is 0.986. The molecule has 1 aromatic rings. The van der Waals surface area contributed by atoms with Crippen molar-refractivity contribution in [1.29, 1.82) is 0 Å². The zero-order valence-electron chi connectivity index (χ0n) is 9.93. The van der Waals surface area contributed by atoms with Crippen LogP contribution in [0.3, 0.4) is 0 Å². The second-order valence-corrected chi connectivity index (χ2v) is 7.37. The number of rotatable bonds is 1. The number of phenols is 2. The fraction of sp³-hybridized carbons (Fsp3) is 0.571. The Kier molecular flexibility index (Phi) is 2.95. The van der Waals surface area contributed by atoms with Crippen molar-refractivity contribution in [2.75, 3.05) is 11.5 Å². The van der Waals surface area contributed by atoms with Crippen molar-refractivity contribution < 1.29 is 10.2 Å². The van der Waals surface area contributed by atoms with Gasteiger partial charge in [0.25, 0.3) is 0 Å². The summed E-state index contributed by atoms with van der Waals surface area (Å²) in [6, 6.07) is 4.95. The lowest BCUT2D eigenvalue weighted by Gasteiger charge is -2.20. The topological polar surface area (TPSA) is 40.5 Å². The van der Waals surface area contributed by atoms with Gasteiger partial charge in [-0.15, -0.1) is 0 Å². The Balaban J connectivity index is 1.83. The monoisotopic (exact) mass is 251 g/mol. The fourth-order valence-corrected chi connectivity index (χ4v) is 6.28. The molecule has 1 aromatic carbocycles. The van der Waals surface area contributed by atoms with Gasteiger partial charge < -0.3 is 10.2 Å². The molecule has 0 amide bonds. The van der Waals surface area contributed by atoms with Crippen molar-refractivity contribution in [3.8, 4) is 11.5 Å². The molecule has 0 aromatic heterocycles. The summed E-state index contributed by atoms with van der Waals surface area (Å²) >= 11 is 0. The van der Waals surface area contributed by atoms with E-state index in [0.717, 1.165) is 16.7 Å². The lowest BCUT2D eigenvalue weighted by Crippen LogP contribution is -2.16. The van der Waals surface area contributed by atoms with E-state index in [1.165, 1.54) is 37.2 Å². The molecular weight excluding hydrogens is 232 g/mol. The van der Waals surface area contributed by atoms with Crippen LogP contribution in [0, 0.1) is 11.8 Å². The Morgan fingerprint density at radius 1 is 1.00 bits per heavy atom. The third-order valence-corrected chi connectivity index (χ3v) is 6.76. The predicted octanol–water partition coefficient (Wildman–Crippen LogP) is 2.90. The molecule has 3 atom stereocenters. The second-order valence-electron chi connectivity index (χ2n) is 5.28. The number of fused-ring (bicyclic) bond motifs is 1. The first-order valence-corrected chi connectivity index (χ1v) is 8.00. The van der Waals surface area contributed by atoms with Gasteiger partial charge in [-0.1, -0.05) is 12.8 Å². The predicted molar refractivity (Wildman–Crippen MR) is 70.6 cm³/mol. The van der Waals surface area contributed by atoms with Crippen LogP contribution in [0.25, 0.3) is 0 Å².